The van der Waals surface area contributed by atoms with Crippen molar-refractivity contribution in [2.24, 2.45) is 0 Å². The highest BCUT2D eigenvalue weighted by molar-refractivity contribution is 6.28. The zero-order chi connectivity index (χ0) is 12.6. The minimum Gasteiger partial charge on any atom is -0.223 e. The van der Waals surface area contributed by atoms with Gasteiger partial charge in [0.1, 0.15) is 0 Å². The first-order valence-electron chi connectivity index (χ1n) is 5.57. The van der Waals surface area contributed by atoms with E-state index in [9.17, 15) is 0 Å². The molecule has 0 radical (unpaired) electrons. The van der Waals surface area contributed by atoms with E-state index in [0.717, 1.165) is 17.0 Å². The quantitative estimate of drug-likeness (QED) is 0.710. The molecule has 17 heavy (non-hydrogen) atoms. The number of benzene rings is 1. The summed E-state index contributed by atoms with van der Waals surface area (Å²) in [5.41, 5.74) is 6.67. The van der Waals surface area contributed by atoms with E-state index in [1.54, 1.807) is 0 Å². The highest BCUT2D eigenvalue weighted by atomic mass is 35.5. The first kappa shape index (κ1) is 12.1. The van der Waals surface area contributed by atoms with Gasteiger partial charge in [-0.05, 0) is 68.1 Å². The molecular formula is C14H15ClN2. The minimum atomic E-state index is 0.303. The minimum absolute atomic E-state index is 0.303. The van der Waals surface area contributed by atoms with Gasteiger partial charge in [0, 0.05) is 11.3 Å². The number of aryl methyl sites for hydroxylation is 4. The maximum absolute atomic E-state index is 5.90. The molecule has 1 aromatic heterocycles. The Hall–Kier alpha value is -1.41. The van der Waals surface area contributed by atoms with Crippen molar-refractivity contribution in [3.63, 3.8) is 0 Å². The van der Waals surface area contributed by atoms with Crippen LogP contribution in [0.3, 0.4) is 0 Å². The molecule has 0 aliphatic carbocycles. The predicted molar refractivity (Wildman–Crippen MR) is 71.4 cm³/mol. The molecule has 0 unspecified atom stereocenters. The van der Waals surface area contributed by atoms with E-state index in [1.165, 1.54) is 16.7 Å². The summed E-state index contributed by atoms with van der Waals surface area (Å²) in [6.45, 7) is 8.23. The Morgan fingerprint density at radius 2 is 1.47 bits per heavy atom. The van der Waals surface area contributed by atoms with Crippen LogP contribution >= 0.6 is 11.6 Å². The van der Waals surface area contributed by atoms with Crippen molar-refractivity contribution in [2.45, 2.75) is 27.7 Å². The molecule has 0 saturated heterocycles. The summed E-state index contributed by atoms with van der Waals surface area (Å²) >= 11 is 5.90. The van der Waals surface area contributed by atoms with E-state index in [0.29, 0.717) is 5.28 Å². The van der Waals surface area contributed by atoms with Crippen LogP contribution in [-0.4, -0.2) is 9.97 Å². The number of rotatable bonds is 1. The second-order valence-corrected chi connectivity index (χ2v) is 4.75. The third-order valence-corrected chi connectivity index (χ3v) is 3.11. The number of halogens is 1. The molecule has 0 N–H and O–H groups in total. The zero-order valence-electron chi connectivity index (χ0n) is 10.5. The smallest absolute Gasteiger partial charge is 0.223 e. The van der Waals surface area contributed by atoms with E-state index in [-0.39, 0.29) is 0 Å². The van der Waals surface area contributed by atoms with E-state index in [4.69, 9.17) is 11.6 Å². The molecule has 88 valence electrons. The molecule has 0 spiro atoms. The number of hydrogen-bond acceptors (Lipinski definition) is 2. The molecule has 2 nitrogen and oxygen atoms in total. The Labute approximate surface area is 107 Å². The van der Waals surface area contributed by atoms with Gasteiger partial charge in [-0.1, -0.05) is 6.07 Å². The molecule has 2 aromatic rings. The zero-order valence-corrected chi connectivity index (χ0v) is 11.3. The van der Waals surface area contributed by atoms with Crippen LogP contribution in [0, 0.1) is 27.7 Å². The Balaban J connectivity index is 2.64. The van der Waals surface area contributed by atoms with Crippen LogP contribution in [0.25, 0.3) is 11.3 Å². The summed E-state index contributed by atoms with van der Waals surface area (Å²) < 4.78 is 0. The molecule has 1 aromatic carbocycles. The van der Waals surface area contributed by atoms with Crippen molar-refractivity contribution in [3.05, 3.63) is 45.9 Å². The van der Waals surface area contributed by atoms with Crippen LogP contribution in [0.2, 0.25) is 5.28 Å². The van der Waals surface area contributed by atoms with Gasteiger partial charge in [-0.15, -0.1) is 0 Å². The monoisotopic (exact) mass is 246 g/mol. The summed E-state index contributed by atoms with van der Waals surface area (Å²) in [4.78, 5) is 8.37. The lowest BCUT2D eigenvalue weighted by Crippen LogP contribution is -1.94. The molecular weight excluding hydrogens is 232 g/mol. The largest absolute Gasteiger partial charge is 0.223 e. The van der Waals surface area contributed by atoms with Crippen LogP contribution in [0.15, 0.2) is 18.2 Å². The molecule has 0 aliphatic heterocycles. The lowest BCUT2D eigenvalue weighted by Gasteiger charge is -2.10. The molecule has 0 atom stereocenters. The van der Waals surface area contributed by atoms with Gasteiger partial charge in [0.2, 0.25) is 5.28 Å². The van der Waals surface area contributed by atoms with Crippen molar-refractivity contribution >= 4 is 11.6 Å². The van der Waals surface area contributed by atoms with Crippen LogP contribution < -0.4 is 0 Å². The SMILES string of the molecule is Cc1cc(-c2cc(C)c(C)cc2C)nc(Cl)n1. The third kappa shape index (κ3) is 2.47. The van der Waals surface area contributed by atoms with E-state index in [2.05, 4.69) is 42.9 Å². The van der Waals surface area contributed by atoms with Gasteiger partial charge in [-0.25, -0.2) is 9.97 Å². The average molecular weight is 247 g/mol. The maximum Gasteiger partial charge on any atom is 0.223 e. The normalized spacial score (nSPS) is 10.6. The Kier molecular flexibility index (Phi) is 3.16. The lowest BCUT2D eigenvalue weighted by atomic mass is 9.98. The molecule has 2 rings (SSSR count). The number of aromatic nitrogens is 2. The summed E-state index contributed by atoms with van der Waals surface area (Å²) in [6.07, 6.45) is 0. The summed E-state index contributed by atoms with van der Waals surface area (Å²) in [5, 5.41) is 0.303. The second kappa shape index (κ2) is 4.46. The highest BCUT2D eigenvalue weighted by Gasteiger charge is 2.08. The summed E-state index contributed by atoms with van der Waals surface area (Å²) in [6, 6.07) is 6.29. The summed E-state index contributed by atoms with van der Waals surface area (Å²) in [5.74, 6) is 0. The standard InChI is InChI=1S/C14H15ClN2/c1-8-5-10(3)12(6-9(8)2)13-7-11(4)16-14(15)17-13/h5-7H,1-4H3. The van der Waals surface area contributed by atoms with Crippen LogP contribution in [-0.2, 0) is 0 Å². The average Bonchev–Trinajstić information content (AvgIpc) is 2.22. The highest BCUT2D eigenvalue weighted by Crippen LogP contribution is 2.26. The molecule has 0 amide bonds. The Morgan fingerprint density at radius 1 is 0.824 bits per heavy atom. The first-order chi connectivity index (χ1) is 7.97. The molecule has 1 heterocycles. The van der Waals surface area contributed by atoms with Crippen molar-refractivity contribution in [1.29, 1.82) is 0 Å². The molecule has 0 fully saturated rings. The van der Waals surface area contributed by atoms with Crippen molar-refractivity contribution in [3.8, 4) is 11.3 Å². The number of nitrogens with zero attached hydrogens (tertiary/aromatic N) is 2. The van der Waals surface area contributed by atoms with Gasteiger partial charge in [0.05, 0.1) is 5.69 Å². The van der Waals surface area contributed by atoms with Crippen LogP contribution in [0.4, 0.5) is 0 Å². The van der Waals surface area contributed by atoms with Gasteiger partial charge in [0.15, 0.2) is 0 Å². The lowest BCUT2D eigenvalue weighted by molar-refractivity contribution is 1.10. The number of hydrogen-bond donors (Lipinski definition) is 0. The fraction of sp³-hybridized carbons (Fsp3) is 0.286. The fourth-order valence-electron chi connectivity index (χ4n) is 1.91. The predicted octanol–water partition coefficient (Wildman–Crippen LogP) is 4.03. The fourth-order valence-corrected chi connectivity index (χ4v) is 2.13. The van der Waals surface area contributed by atoms with Crippen LogP contribution in [0.5, 0.6) is 0 Å². The van der Waals surface area contributed by atoms with Crippen molar-refractivity contribution in [1.82, 2.24) is 9.97 Å². The molecule has 0 saturated carbocycles. The first-order valence-corrected chi connectivity index (χ1v) is 5.94. The Morgan fingerprint density at radius 3 is 2.12 bits per heavy atom. The van der Waals surface area contributed by atoms with E-state index < -0.39 is 0 Å². The van der Waals surface area contributed by atoms with Gasteiger partial charge in [0.25, 0.3) is 0 Å². The van der Waals surface area contributed by atoms with Gasteiger partial charge < -0.3 is 0 Å². The van der Waals surface area contributed by atoms with Crippen LogP contribution in [0.1, 0.15) is 22.4 Å². The van der Waals surface area contributed by atoms with Crippen molar-refractivity contribution < 1.29 is 0 Å². The Bertz CT molecular complexity index is 556. The summed E-state index contributed by atoms with van der Waals surface area (Å²) in [7, 11) is 0. The maximum atomic E-state index is 5.90. The van der Waals surface area contributed by atoms with Gasteiger partial charge in [-0.3, -0.25) is 0 Å². The third-order valence-electron chi connectivity index (χ3n) is 2.94. The molecule has 0 bridgehead atoms. The van der Waals surface area contributed by atoms with E-state index in [1.807, 2.05) is 13.0 Å². The molecule has 3 heteroatoms. The second-order valence-electron chi connectivity index (χ2n) is 4.41. The van der Waals surface area contributed by atoms with Gasteiger partial charge in [-0.2, -0.15) is 0 Å². The topological polar surface area (TPSA) is 25.8 Å². The van der Waals surface area contributed by atoms with E-state index >= 15 is 0 Å². The molecule has 0 aliphatic rings. The van der Waals surface area contributed by atoms with Crippen molar-refractivity contribution in [2.75, 3.05) is 0 Å². The van der Waals surface area contributed by atoms with Gasteiger partial charge >= 0.3 is 0 Å².